The van der Waals surface area contributed by atoms with Crippen molar-refractivity contribution >= 4 is 50.2 Å². The first-order valence-electron chi connectivity index (χ1n) is 10.1. The van der Waals surface area contributed by atoms with Crippen LogP contribution in [0.2, 0.25) is 0 Å². The number of halogens is 1. The van der Waals surface area contributed by atoms with Crippen LogP contribution < -0.4 is 9.62 Å². The average molecular weight is 576 g/mol. The van der Waals surface area contributed by atoms with E-state index in [2.05, 4.69) is 32.6 Å². The summed E-state index contributed by atoms with van der Waals surface area (Å²) in [6, 6.07) is 19.5. The van der Waals surface area contributed by atoms with E-state index < -0.39 is 27.9 Å². The Labute approximate surface area is 205 Å². The molecule has 7 nitrogen and oxygen atoms in total. The molecule has 0 aliphatic carbocycles. The molecular formula is C24H21IN2O5S. The van der Waals surface area contributed by atoms with Crippen LogP contribution in [0.5, 0.6) is 0 Å². The molecule has 170 valence electrons. The fourth-order valence-corrected chi connectivity index (χ4v) is 5.77. The monoisotopic (exact) mass is 576 g/mol. The van der Waals surface area contributed by atoms with Crippen molar-refractivity contribution in [2.24, 2.45) is 0 Å². The Morgan fingerprint density at radius 3 is 2.36 bits per heavy atom. The Morgan fingerprint density at radius 2 is 1.70 bits per heavy atom. The number of benzene rings is 3. The molecule has 0 fully saturated rings. The predicted molar refractivity (Wildman–Crippen MR) is 132 cm³/mol. The summed E-state index contributed by atoms with van der Waals surface area (Å²) in [5.41, 5.74) is 2.50. The van der Waals surface area contributed by atoms with Gasteiger partial charge in [0, 0.05) is 16.5 Å². The van der Waals surface area contributed by atoms with Crippen LogP contribution in [0.4, 0.5) is 5.69 Å². The van der Waals surface area contributed by atoms with Crippen molar-refractivity contribution < 1.29 is 22.7 Å². The zero-order chi connectivity index (χ0) is 23.6. The SMILES string of the molecule is COC(=O)c1ccc(CNC(=O)[C@@H]2Cc3ccccc3N2S(=O)(=O)c2ccc(I)cc2)cc1. The molecule has 1 atom stereocenters. The van der Waals surface area contributed by atoms with E-state index in [0.29, 0.717) is 11.3 Å². The standard InChI is InChI=1S/C24H21IN2O5S/c1-32-24(29)17-8-6-16(7-9-17)15-26-23(28)22-14-18-4-2-3-5-21(18)27(22)33(30,31)20-12-10-19(25)11-13-20/h2-13,22H,14-15H2,1H3,(H,26,28)/t22-/m0/s1. The number of sulfonamides is 1. The van der Waals surface area contributed by atoms with Crippen LogP contribution in [0.15, 0.2) is 77.7 Å². The van der Waals surface area contributed by atoms with Crippen LogP contribution in [0.1, 0.15) is 21.5 Å². The molecule has 4 rings (SSSR count). The molecular weight excluding hydrogens is 555 g/mol. The molecule has 1 amide bonds. The summed E-state index contributed by atoms with van der Waals surface area (Å²) >= 11 is 2.11. The summed E-state index contributed by atoms with van der Waals surface area (Å²) < 4.78 is 33.9. The van der Waals surface area contributed by atoms with Gasteiger partial charge in [0.25, 0.3) is 10.0 Å². The maximum Gasteiger partial charge on any atom is 0.337 e. The molecule has 0 saturated carbocycles. The minimum atomic E-state index is -3.95. The Morgan fingerprint density at radius 1 is 1.03 bits per heavy atom. The number of carbonyl (C=O) groups is 2. The lowest BCUT2D eigenvalue weighted by Gasteiger charge is -2.26. The highest BCUT2D eigenvalue weighted by Crippen LogP contribution is 2.37. The molecule has 1 aliphatic rings. The fraction of sp³-hybridized carbons (Fsp3) is 0.167. The third-order valence-electron chi connectivity index (χ3n) is 5.44. The second-order valence-corrected chi connectivity index (χ2v) is 10.6. The number of nitrogens with zero attached hydrogens (tertiary/aromatic N) is 1. The van der Waals surface area contributed by atoms with Crippen LogP contribution in [0, 0.1) is 3.57 Å². The summed E-state index contributed by atoms with van der Waals surface area (Å²) in [4.78, 5) is 24.9. The zero-order valence-electron chi connectivity index (χ0n) is 17.7. The average Bonchev–Trinajstić information content (AvgIpc) is 3.23. The first kappa shape index (κ1) is 23.2. The van der Waals surface area contributed by atoms with Gasteiger partial charge in [-0.2, -0.15) is 0 Å². The topological polar surface area (TPSA) is 92.8 Å². The molecule has 9 heteroatoms. The number of para-hydroxylation sites is 1. The van der Waals surface area contributed by atoms with E-state index in [9.17, 15) is 18.0 Å². The largest absolute Gasteiger partial charge is 0.465 e. The van der Waals surface area contributed by atoms with Gasteiger partial charge in [0.2, 0.25) is 5.91 Å². The van der Waals surface area contributed by atoms with Gasteiger partial charge in [0.05, 0.1) is 23.3 Å². The summed E-state index contributed by atoms with van der Waals surface area (Å²) in [5.74, 6) is -0.830. The van der Waals surface area contributed by atoms with Crippen molar-refractivity contribution in [1.29, 1.82) is 0 Å². The molecule has 0 radical (unpaired) electrons. The van der Waals surface area contributed by atoms with Gasteiger partial charge in [-0.15, -0.1) is 0 Å². The van der Waals surface area contributed by atoms with E-state index in [-0.39, 0.29) is 17.9 Å². The summed E-state index contributed by atoms with van der Waals surface area (Å²) in [7, 11) is -2.63. The number of nitrogens with one attached hydrogen (secondary N) is 1. The van der Waals surface area contributed by atoms with E-state index in [1.807, 2.05) is 12.1 Å². The molecule has 3 aromatic carbocycles. The maximum atomic E-state index is 13.5. The van der Waals surface area contributed by atoms with Crippen molar-refractivity contribution in [3.63, 3.8) is 0 Å². The summed E-state index contributed by atoms with van der Waals surface area (Å²) in [5, 5.41) is 2.84. The van der Waals surface area contributed by atoms with E-state index in [1.165, 1.54) is 11.4 Å². The minimum absolute atomic E-state index is 0.135. The smallest absolute Gasteiger partial charge is 0.337 e. The Hall–Kier alpha value is -2.92. The Bertz CT molecular complexity index is 1290. The summed E-state index contributed by atoms with van der Waals surface area (Å²) in [6.07, 6.45) is 0.285. The van der Waals surface area contributed by atoms with Crippen LogP contribution in [-0.2, 0) is 32.5 Å². The van der Waals surface area contributed by atoms with Gasteiger partial charge in [-0.25, -0.2) is 13.2 Å². The van der Waals surface area contributed by atoms with E-state index in [0.717, 1.165) is 14.7 Å². The van der Waals surface area contributed by atoms with Crippen molar-refractivity contribution in [3.05, 3.63) is 93.1 Å². The first-order valence-corrected chi connectivity index (χ1v) is 12.7. The number of methoxy groups -OCH3 is 1. The normalized spacial score (nSPS) is 15.1. The van der Waals surface area contributed by atoms with Crippen LogP contribution in [0.3, 0.4) is 0 Å². The van der Waals surface area contributed by atoms with Crippen molar-refractivity contribution in [2.75, 3.05) is 11.4 Å². The molecule has 3 aromatic rings. The molecule has 1 heterocycles. The zero-order valence-corrected chi connectivity index (χ0v) is 20.7. The number of hydrogen-bond donors (Lipinski definition) is 1. The first-order chi connectivity index (χ1) is 15.8. The fourth-order valence-electron chi connectivity index (χ4n) is 3.76. The second-order valence-electron chi connectivity index (χ2n) is 7.51. The number of fused-ring (bicyclic) bond motifs is 1. The van der Waals surface area contributed by atoms with Gasteiger partial charge < -0.3 is 10.1 Å². The van der Waals surface area contributed by atoms with Gasteiger partial charge in [0.1, 0.15) is 6.04 Å². The maximum absolute atomic E-state index is 13.5. The molecule has 1 N–H and O–H groups in total. The number of amides is 1. The lowest BCUT2D eigenvalue weighted by atomic mass is 10.1. The number of carbonyl (C=O) groups excluding carboxylic acids is 2. The van der Waals surface area contributed by atoms with Crippen molar-refractivity contribution in [2.45, 2.75) is 23.9 Å². The number of esters is 1. The highest BCUT2D eigenvalue weighted by Gasteiger charge is 2.42. The molecule has 0 spiro atoms. The number of rotatable bonds is 6. The third kappa shape index (κ3) is 4.74. The van der Waals surface area contributed by atoms with Crippen LogP contribution in [-0.4, -0.2) is 33.4 Å². The van der Waals surface area contributed by atoms with E-state index in [1.54, 1.807) is 60.7 Å². The number of ether oxygens (including phenoxy) is 1. The molecule has 1 aliphatic heterocycles. The van der Waals surface area contributed by atoms with Gasteiger partial charge in [-0.3, -0.25) is 9.10 Å². The lowest BCUT2D eigenvalue weighted by Crippen LogP contribution is -2.47. The lowest BCUT2D eigenvalue weighted by molar-refractivity contribution is -0.122. The number of hydrogen-bond acceptors (Lipinski definition) is 5. The minimum Gasteiger partial charge on any atom is -0.465 e. The second kappa shape index (κ2) is 9.52. The highest BCUT2D eigenvalue weighted by molar-refractivity contribution is 14.1. The van der Waals surface area contributed by atoms with Gasteiger partial charge in [-0.1, -0.05) is 30.3 Å². The molecule has 0 aromatic heterocycles. The summed E-state index contributed by atoms with van der Waals surface area (Å²) in [6.45, 7) is 0.199. The van der Waals surface area contributed by atoms with Gasteiger partial charge in [-0.05, 0) is 76.2 Å². The molecule has 0 saturated heterocycles. The highest BCUT2D eigenvalue weighted by atomic mass is 127. The van der Waals surface area contributed by atoms with Crippen molar-refractivity contribution in [1.82, 2.24) is 5.32 Å². The Balaban J connectivity index is 1.57. The van der Waals surface area contributed by atoms with Gasteiger partial charge >= 0.3 is 5.97 Å². The quantitative estimate of drug-likeness (QED) is 0.358. The molecule has 0 bridgehead atoms. The van der Waals surface area contributed by atoms with Crippen molar-refractivity contribution in [3.8, 4) is 0 Å². The number of anilines is 1. The Kier molecular flexibility index (Phi) is 6.71. The third-order valence-corrected chi connectivity index (χ3v) is 8.00. The predicted octanol–water partition coefficient (Wildman–Crippen LogP) is 3.51. The van der Waals surface area contributed by atoms with E-state index >= 15 is 0 Å². The van der Waals surface area contributed by atoms with E-state index in [4.69, 9.17) is 0 Å². The van der Waals surface area contributed by atoms with Crippen LogP contribution >= 0.6 is 22.6 Å². The molecule has 0 unspecified atom stereocenters. The van der Waals surface area contributed by atoms with Gasteiger partial charge in [0.15, 0.2) is 0 Å². The van der Waals surface area contributed by atoms with Crippen LogP contribution in [0.25, 0.3) is 0 Å². The molecule has 33 heavy (non-hydrogen) atoms.